The fraction of sp³-hybridized carbons (Fsp3) is 0.143. The van der Waals surface area contributed by atoms with Crippen LogP contribution in [0, 0.1) is 5.82 Å². The largest absolute Gasteiger partial charge is 0.397 e. The molecule has 0 bridgehead atoms. The minimum Gasteiger partial charge on any atom is -0.397 e. The molecule has 2 aromatic rings. The fourth-order valence-electron chi connectivity index (χ4n) is 1.88. The number of hydrogen-bond donors (Lipinski definition) is 1. The highest BCUT2D eigenvalue weighted by Crippen LogP contribution is 2.30. The number of hydrogen-bond acceptors (Lipinski definition) is 2. The molecule has 0 aliphatic carbocycles. The van der Waals surface area contributed by atoms with E-state index in [2.05, 4.69) is 15.9 Å². The molecule has 0 amide bonds. The Hall–Kier alpha value is -1.26. The van der Waals surface area contributed by atoms with Gasteiger partial charge in [0, 0.05) is 24.7 Å². The van der Waals surface area contributed by atoms with Crippen LogP contribution in [0.3, 0.4) is 0 Å². The summed E-state index contributed by atoms with van der Waals surface area (Å²) in [6.45, 7) is 0.642. The van der Waals surface area contributed by atoms with E-state index in [9.17, 15) is 4.39 Å². The van der Waals surface area contributed by atoms with E-state index in [4.69, 9.17) is 17.3 Å². The number of rotatable bonds is 3. The van der Waals surface area contributed by atoms with Gasteiger partial charge < -0.3 is 10.6 Å². The summed E-state index contributed by atoms with van der Waals surface area (Å²) in [6.07, 6.45) is 0. The van der Waals surface area contributed by atoms with Crippen LogP contribution in [-0.4, -0.2) is 7.05 Å². The summed E-state index contributed by atoms with van der Waals surface area (Å²) in [5, 5.41) is 0.694. The Bertz CT molecular complexity index is 604. The third kappa shape index (κ3) is 3.39. The first-order chi connectivity index (χ1) is 8.97. The Labute approximate surface area is 125 Å². The van der Waals surface area contributed by atoms with Crippen molar-refractivity contribution in [1.82, 2.24) is 0 Å². The SMILES string of the molecule is CN(Cc1cccc(Cl)c1)c1cc(Br)c(F)cc1N. The Kier molecular flexibility index (Phi) is 4.32. The summed E-state index contributed by atoms with van der Waals surface area (Å²) < 4.78 is 13.7. The van der Waals surface area contributed by atoms with Gasteiger partial charge in [0.2, 0.25) is 0 Å². The molecule has 0 aromatic heterocycles. The van der Waals surface area contributed by atoms with Crippen LogP contribution in [0.2, 0.25) is 5.02 Å². The van der Waals surface area contributed by atoms with Gasteiger partial charge in [0.15, 0.2) is 0 Å². The van der Waals surface area contributed by atoms with Crippen LogP contribution >= 0.6 is 27.5 Å². The van der Waals surface area contributed by atoms with E-state index in [0.717, 1.165) is 11.3 Å². The van der Waals surface area contributed by atoms with Gasteiger partial charge >= 0.3 is 0 Å². The highest BCUT2D eigenvalue weighted by molar-refractivity contribution is 9.10. The van der Waals surface area contributed by atoms with Crippen molar-refractivity contribution in [1.29, 1.82) is 0 Å². The smallest absolute Gasteiger partial charge is 0.139 e. The molecule has 19 heavy (non-hydrogen) atoms. The van der Waals surface area contributed by atoms with E-state index >= 15 is 0 Å². The van der Waals surface area contributed by atoms with Crippen molar-refractivity contribution in [2.75, 3.05) is 17.7 Å². The molecule has 0 radical (unpaired) electrons. The Balaban J connectivity index is 2.25. The van der Waals surface area contributed by atoms with E-state index in [1.165, 1.54) is 6.07 Å². The van der Waals surface area contributed by atoms with Crippen molar-refractivity contribution >= 4 is 38.9 Å². The normalized spacial score (nSPS) is 10.5. The molecule has 0 atom stereocenters. The molecule has 5 heteroatoms. The van der Waals surface area contributed by atoms with Gasteiger partial charge in [-0.1, -0.05) is 23.7 Å². The summed E-state index contributed by atoms with van der Waals surface area (Å²) in [6, 6.07) is 10.6. The maximum absolute atomic E-state index is 13.3. The maximum atomic E-state index is 13.3. The maximum Gasteiger partial charge on any atom is 0.139 e. The number of benzene rings is 2. The molecule has 100 valence electrons. The van der Waals surface area contributed by atoms with Crippen molar-refractivity contribution in [2.45, 2.75) is 6.54 Å². The number of nitrogen functional groups attached to an aromatic ring is 1. The van der Waals surface area contributed by atoms with Gasteiger partial charge in [0.05, 0.1) is 15.8 Å². The minimum atomic E-state index is -0.364. The molecule has 2 N–H and O–H groups in total. The molecule has 0 heterocycles. The zero-order valence-corrected chi connectivity index (χ0v) is 12.7. The number of anilines is 2. The molecule has 0 spiro atoms. The first-order valence-electron chi connectivity index (χ1n) is 5.67. The third-order valence-electron chi connectivity index (χ3n) is 2.79. The topological polar surface area (TPSA) is 29.3 Å². The molecular formula is C14H13BrClFN2. The van der Waals surface area contributed by atoms with Crippen molar-refractivity contribution in [3.63, 3.8) is 0 Å². The van der Waals surface area contributed by atoms with Crippen molar-refractivity contribution in [2.24, 2.45) is 0 Å². The van der Waals surface area contributed by atoms with Crippen molar-refractivity contribution in [3.05, 3.63) is 57.3 Å². The first-order valence-corrected chi connectivity index (χ1v) is 6.84. The lowest BCUT2D eigenvalue weighted by atomic mass is 10.2. The van der Waals surface area contributed by atoms with Crippen molar-refractivity contribution in [3.8, 4) is 0 Å². The quantitative estimate of drug-likeness (QED) is 0.834. The molecule has 0 aliphatic rings. The predicted molar refractivity (Wildman–Crippen MR) is 82.1 cm³/mol. The minimum absolute atomic E-state index is 0.364. The highest BCUT2D eigenvalue weighted by atomic mass is 79.9. The average Bonchev–Trinajstić information content (AvgIpc) is 2.33. The molecule has 2 aromatic carbocycles. The van der Waals surface area contributed by atoms with Crippen LogP contribution in [0.25, 0.3) is 0 Å². The molecule has 2 nitrogen and oxygen atoms in total. The average molecular weight is 344 g/mol. The monoisotopic (exact) mass is 342 g/mol. The lowest BCUT2D eigenvalue weighted by Crippen LogP contribution is -2.18. The van der Waals surface area contributed by atoms with Gasteiger partial charge in [-0.2, -0.15) is 0 Å². The van der Waals surface area contributed by atoms with Crippen LogP contribution in [0.4, 0.5) is 15.8 Å². The lowest BCUT2D eigenvalue weighted by Gasteiger charge is -2.21. The number of nitrogens with zero attached hydrogens (tertiary/aromatic N) is 1. The summed E-state index contributed by atoms with van der Waals surface area (Å²) in [5.41, 5.74) is 8.09. The number of nitrogens with two attached hydrogens (primary N) is 1. The molecule has 0 unspecified atom stereocenters. The number of halogens is 3. The second-order valence-corrected chi connectivity index (χ2v) is 5.60. The highest BCUT2D eigenvalue weighted by Gasteiger charge is 2.10. The zero-order chi connectivity index (χ0) is 14.0. The van der Waals surface area contributed by atoms with Gasteiger partial charge in [0.25, 0.3) is 0 Å². The summed E-state index contributed by atoms with van der Waals surface area (Å²) in [5.74, 6) is -0.364. The van der Waals surface area contributed by atoms with E-state index in [1.54, 1.807) is 6.07 Å². The first kappa shape index (κ1) is 14.2. The second kappa shape index (κ2) is 5.80. The van der Waals surface area contributed by atoms with Crippen LogP contribution in [0.15, 0.2) is 40.9 Å². The molecule has 2 rings (SSSR count). The molecule has 0 saturated heterocycles. The Morgan fingerprint density at radius 2 is 2.05 bits per heavy atom. The Morgan fingerprint density at radius 1 is 1.32 bits per heavy atom. The Morgan fingerprint density at radius 3 is 2.74 bits per heavy atom. The molecule has 0 saturated carbocycles. The molecule has 0 fully saturated rings. The molecular weight excluding hydrogens is 331 g/mol. The third-order valence-corrected chi connectivity index (χ3v) is 3.63. The van der Waals surface area contributed by atoms with Crippen LogP contribution in [-0.2, 0) is 6.54 Å². The van der Waals surface area contributed by atoms with Crippen LogP contribution < -0.4 is 10.6 Å². The van der Waals surface area contributed by atoms with E-state index < -0.39 is 0 Å². The van der Waals surface area contributed by atoms with Gasteiger partial charge in [-0.15, -0.1) is 0 Å². The van der Waals surface area contributed by atoms with E-state index in [0.29, 0.717) is 21.7 Å². The van der Waals surface area contributed by atoms with E-state index in [1.807, 2.05) is 36.2 Å². The van der Waals surface area contributed by atoms with Gasteiger partial charge in [-0.25, -0.2) is 4.39 Å². The second-order valence-electron chi connectivity index (χ2n) is 4.31. The van der Waals surface area contributed by atoms with Gasteiger partial charge in [0.1, 0.15) is 5.82 Å². The van der Waals surface area contributed by atoms with Gasteiger partial charge in [-0.05, 0) is 39.7 Å². The van der Waals surface area contributed by atoms with Gasteiger partial charge in [-0.3, -0.25) is 0 Å². The predicted octanol–water partition coefficient (Wildman–Crippen LogP) is 4.46. The van der Waals surface area contributed by atoms with Crippen LogP contribution in [0.5, 0.6) is 0 Å². The summed E-state index contributed by atoms with van der Waals surface area (Å²) in [7, 11) is 1.90. The van der Waals surface area contributed by atoms with Crippen molar-refractivity contribution < 1.29 is 4.39 Å². The van der Waals surface area contributed by atoms with Crippen LogP contribution in [0.1, 0.15) is 5.56 Å². The van der Waals surface area contributed by atoms with E-state index in [-0.39, 0.29) is 5.82 Å². The zero-order valence-electron chi connectivity index (χ0n) is 10.3. The fourth-order valence-corrected chi connectivity index (χ4v) is 2.42. The summed E-state index contributed by atoms with van der Waals surface area (Å²) in [4.78, 5) is 1.95. The summed E-state index contributed by atoms with van der Waals surface area (Å²) >= 11 is 9.12. The lowest BCUT2D eigenvalue weighted by molar-refractivity contribution is 0.621. The standard InChI is InChI=1S/C14H13BrClFN2/c1-19(8-9-3-2-4-10(16)5-9)14-6-11(15)12(17)7-13(14)18/h2-7H,8,18H2,1H3. The molecule has 0 aliphatic heterocycles.